The lowest BCUT2D eigenvalue weighted by Gasteiger charge is -2.40. The number of carboxylic acid groups (broad SMARTS) is 1. The fourth-order valence-electron chi connectivity index (χ4n) is 3.70. The summed E-state index contributed by atoms with van der Waals surface area (Å²) in [4.78, 5) is 13.5. The van der Waals surface area contributed by atoms with Gasteiger partial charge in [-0.2, -0.15) is 13.2 Å². The summed E-state index contributed by atoms with van der Waals surface area (Å²) in [6, 6.07) is 8.96. The summed E-state index contributed by atoms with van der Waals surface area (Å²) in [7, 11) is 0. The standard InChI is InChI=1S/C20H18Cl2F3NO2/c21-15-6-2-1-5-13(15)18(26-10-4-3-7-17(26)19(27)28)12-8-9-16(22)14(11-12)20(23,24)25/h1-2,5-6,8-9,11,17-18H,3-4,7,10H2,(H,27,28). The van der Waals surface area contributed by atoms with E-state index in [2.05, 4.69) is 0 Å². The van der Waals surface area contributed by atoms with E-state index in [0.717, 1.165) is 18.9 Å². The molecule has 0 amide bonds. The summed E-state index contributed by atoms with van der Waals surface area (Å²) >= 11 is 12.1. The highest BCUT2D eigenvalue weighted by atomic mass is 35.5. The molecule has 28 heavy (non-hydrogen) atoms. The molecule has 2 unspecified atom stereocenters. The monoisotopic (exact) mass is 431 g/mol. The van der Waals surface area contributed by atoms with E-state index in [-0.39, 0.29) is 0 Å². The topological polar surface area (TPSA) is 40.5 Å². The van der Waals surface area contributed by atoms with Crippen LogP contribution in [-0.2, 0) is 11.0 Å². The molecule has 1 N–H and O–H groups in total. The molecule has 1 heterocycles. The molecular formula is C20H18Cl2F3NO2. The molecule has 0 radical (unpaired) electrons. The second-order valence-electron chi connectivity index (χ2n) is 6.75. The van der Waals surface area contributed by atoms with Gasteiger partial charge in [0.2, 0.25) is 0 Å². The van der Waals surface area contributed by atoms with Gasteiger partial charge in [0, 0.05) is 5.02 Å². The Morgan fingerprint density at radius 3 is 2.46 bits per heavy atom. The van der Waals surface area contributed by atoms with Crippen molar-refractivity contribution in [3.63, 3.8) is 0 Å². The maximum Gasteiger partial charge on any atom is 0.417 e. The Bertz CT molecular complexity index is 873. The quantitative estimate of drug-likeness (QED) is 0.641. The summed E-state index contributed by atoms with van der Waals surface area (Å²) in [6.45, 7) is 0.441. The Balaban J connectivity index is 2.18. The van der Waals surface area contributed by atoms with Gasteiger partial charge in [-0.1, -0.05) is 53.9 Å². The molecule has 0 aliphatic carbocycles. The first kappa shape index (κ1) is 21.0. The van der Waals surface area contributed by atoms with Crippen LogP contribution >= 0.6 is 23.2 Å². The van der Waals surface area contributed by atoms with Crippen LogP contribution in [0.1, 0.15) is 42.0 Å². The van der Waals surface area contributed by atoms with Gasteiger partial charge in [0.05, 0.1) is 16.6 Å². The maximum atomic E-state index is 13.4. The first-order chi connectivity index (χ1) is 13.2. The zero-order chi connectivity index (χ0) is 20.5. The Hall–Kier alpha value is -1.76. The molecular weight excluding hydrogens is 414 g/mol. The van der Waals surface area contributed by atoms with E-state index in [0.29, 0.717) is 29.1 Å². The van der Waals surface area contributed by atoms with E-state index in [1.807, 2.05) is 0 Å². The number of benzene rings is 2. The lowest BCUT2D eigenvalue weighted by atomic mass is 9.91. The van der Waals surface area contributed by atoms with Crippen molar-refractivity contribution >= 4 is 29.2 Å². The van der Waals surface area contributed by atoms with Crippen molar-refractivity contribution < 1.29 is 23.1 Å². The van der Waals surface area contributed by atoms with Crippen LogP contribution in [0.3, 0.4) is 0 Å². The Kier molecular flexibility index (Phi) is 6.22. The second-order valence-corrected chi connectivity index (χ2v) is 7.56. The van der Waals surface area contributed by atoms with Crippen molar-refractivity contribution in [3.05, 3.63) is 69.2 Å². The van der Waals surface area contributed by atoms with E-state index in [1.165, 1.54) is 12.1 Å². The number of carboxylic acids is 1. The van der Waals surface area contributed by atoms with Crippen LogP contribution in [0.5, 0.6) is 0 Å². The number of hydrogen-bond acceptors (Lipinski definition) is 2. The van der Waals surface area contributed by atoms with Gasteiger partial charge in [0.1, 0.15) is 6.04 Å². The average Bonchev–Trinajstić information content (AvgIpc) is 2.64. The predicted octanol–water partition coefficient (Wildman–Crippen LogP) is 6.04. The van der Waals surface area contributed by atoms with Gasteiger partial charge in [0.15, 0.2) is 0 Å². The van der Waals surface area contributed by atoms with Gasteiger partial charge in [-0.15, -0.1) is 0 Å². The molecule has 1 fully saturated rings. The second kappa shape index (κ2) is 8.31. The van der Waals surface area contributed by atoms with Gasteiger partial charge in [-0.3, -0.25) is 9.69 Å². The first-order valence-corrected chi connectivity index (χ1v) is 9.55. The van der Waals surface area contributed by atoms with Crippen LogP contribution in [0.15, 0.2) is 42.5 Å². The van der Waals surface area contributed by atoms with Crippen LogP contribution in [0.25, 0.3) is 0 Å². The summed E-state index contributed by atoms with van der Waals surface area (Å²) in [6.07, 6.45) is -2.69. The van der Waals surface area contributed by atoms with E-state index < -0.39 is 34.8 Å². The van der Waals surface area contributed by atoms with Crippen LogP contribution in [0, 0.1) is 0 Å². The van der Waals surface area contributed by atoms with Crippen LogP contribution < -0.4 is 0 Å². The normalized spacial score (nSPS) is 19.4. The molecule has 0 bridgehead atoms. The average molecular weight is 432 g/mol. The SMILES string of the molecule is O=C(O)C1CCCCN1C(c1ccc(Cl)c(C(F)(F)F)c1)c1ccccc1Cl. The highest BCUT2D eigenvalue weighted by molar-refractivity contribution is 6.31. The third-order valence-corrected chi connectivity index (χ3v) is 5.65. The number of rotatable bonds is 4. The summed E-state index contributed by atoms with van der Waals surface area (Å²) in [5.74, 6) is -0.998. The fraction of sp³-hybridized carbons (Fsp3) is 0.350. The van der Waals surface area contributed by atoms with Crippen molar-refractivity contribution in [2.45, 2.75) is 37.5 Å². The fourth-order valence-corrected chi connectivity index (χ4v) is 4.17. The van der Waals surface area contributed by atoms with Crippen LogP contribution in [-0.4, -0.2) is 28.6 Å². The van der Waals surface area contributed by atoms with E-state index in [9.17, 15) is 23.1 Å². The van der Waals surface area contributed by atoms with Crippen molar-refractivity contribution in [2.24, 2.45) is 0 Å². The minimum Gasteiger partial charge on any atom is -0.480 e. The number of carbonyl (C=O) groups is 1. The van der Waals surface area contributed by atoms with E-state index >= 15 is 0 Å². The summed E-state index contributed by atoms with van der Waals surface area (Å²) in [5.41, 5.74) is -0.0849. The van der Waals surface area contributed by atoms with Gasteiger partial charge in [-0.05, 0) is 48.7 Å². The number of piperidine rings is 1. The number of likely N-dealkylation sites (tertiary alicyclic amines) is 1. The highest BCUT2D eigenvalue weighted by Crippen LogP contribution is 2.41. The zero-order valence-corrected chi connectivity index (χ0v) is 16.2. The van der Waals surface area contributed by atoms with Crippen molar-refractivity contribution in [1.82, 2.24) is 4.90 Å². The molecule has 2 aromatic rings. The van der Waals surface area contributed by atoms with Crippen LogP contribution in [0.4, 0.5) is 13.2 Å². The molecule has 0 saturated carbocycles. The molecule has 0 spiro atoms. The predicted molar refractivity (Wildman–Crippen MR) is 102 cm³/mol. The number of aliphatic carboxylic acids is 1. The zero-order valence-electron chi connectivity index (χ0n) is 14.7. The molecule has 3 rings (SSSR count). The molecule has 3 nitrogen and oxygen atoms in total. The molecule has 2 aromatic carbocycles. The molecule has 0 aromatic heterocycles. The maximum absolute atomic E-state index is 13.4. The third kappa shape index (κ3) is 4.29. The minimum absolute atomic E-state index is 0.304. The van der Waals surface area contributed by atoms with Crippen molar-refractivity contribution in [1.29, 1.82) is 0 Å². The lowest BCUT2D eigenvalue weighted by molar-refractivity contribution is -0.145. The largest absolute Gasteiger partial charge is 0.480 e. The molecule has 1 aliphatic rings. The Morgan fingerprint density at radius 2 is 1.82 bits per heavy atom. The van der Waals surface area contributed by atoms with Gasteiger partial charge >= 0.3 is 12.1 Å². The third-order valence-electron chi connectivity index (χ3n) is 4.97. The van der Waals surface area contributed by atoms with Crippen LogP contribution in [0.2, 0.25) is 10.0 Å². The van der Waals surface area contributed by atoms with Crippen molar-refractivity contribution in [2.75, 3.05) is 6.54 Å². The minimum atomic E-state index is -4.62. The number of halogens is 5. The van der Waals surface area contributed by atoms with Crippen molar-refractivity contribution in [3.8, 4) is 0 Å². The molecule has 8 heteroatoms. The number of nitrogens with zero attached hydrogens (tertiary/aromatic N) is 1. The lowest BCUT2D eigenvalue weighted by Crippen LogP contribution is -2.47. The van der Waals surface area contributed by atoms with Gasteiger partial charge in [-0.25, -0.2) is 0 Å². The van der Waals surface area contributed by atoms with Gasteiger partial charge < -0.3 is 5.11 Å². The highest BCUT2D eigenvalue weighted by Gasteiger charge is 2.38. The number of hydrogen-bond donors (Lipinski definition) is 1. The molecule has 1 aliphatic heterocycles. The molecule has 150 valence electrons. The Labute approximate surface area is 170 Å². The van der Waals surface area contributed by atoms with E-state index in [4.69, 9.17) is 23.2 Å². The first-order valence-electron chi connectivity index (χ1n) is 8.79. The number of alkyl halides is 3. The smallest absolute Gasteiger partial charge is 0.417 e. The summed E-state index contributed by atoms with van der Waals surface area (Å²) in [5, 5.41) is 9.64. The molecule has 1 saturated heterocycles. The summed E-state index contributed by atoms with van der Waals surface area (Å²) < 4.78 is 40.2. The molecule has 2 atom stereocenters. The van der Waals surface area contributed by atoms with Gasteiger partial charge in [0.25, 0.3) is 0 Å². The van der Waals surface area contributed by atoms with E-state index in [1.54, 1.807) is 29.2 Å². The Morgan fingerprint density at radius 1 is 1.11 bits per heavy atom.